The molecule has 1 saturated heterocycles. The van der Waals surface area contributed by atoms with Crippen LogP contribution in [0.5, 0.6) is 0 Å². The second-order valence-corrected chi connectivity index (χ2v) is 7.66. The first-order valence-corrected chi connectivity index (χ1v) is 10.1. The number of piperazine rings is 1. The second kappa shape index (κ2) is 7.26. The van der Waals surface area contributed by atoms with Gasteiger partial charge in [0.25, 0.3) is 0 Å². The molecule has 1 aromatic carbocycles. The fraction of sp³-hybridized carbons (Fsp3) is 0.409. The van der Waals surface area contributed by atoms with Gasteiger partial charge in [0.1, 0.15) is 5.82 Å². The van der Waals surface area contributed by atoms with Gasteiger partial charge >= 0.3 is 0 Å². The fourth-order valence-electron chi connectivity index (χ4n) is 4.39. The highest BCUT2D eigenvalue weighted by atomic mass is 16.3. The Bertz CT molecular complexity index is 971. The molecule has 3 heterocycles. The Hall–Kier alpha value is -2.89. The number of nitrogens with zero attached hydrogens (tertiary/aromatic N) is 4. The standard InChI is InChI=1S/C22H24N4O2/c27-22(16-6-1-2-7-16)26-13-11-25(12-14-26)21-17-8-3-4-9-18(17)23-20(24-21)19-10-5-15-28-19/h3-5,8-10,15-16H,1-2,6-7,11-14H2. The monoisotopic (exact) mass is 376 g/mol. The topological polar surface area (TPSA) is 62.5 Å². The van der Waals surface area contributed by atoms with E-state index in [2.05, 4.69) is 16.0 Å². The van der Waals surface area contributed by atoms with Crippen molar-refractivity contribution in [3.8, 4) is 11.6 Å². The van der Waals surface area contributed by atoms with Crippen LogP contribution in [-0.2, 0) is 4.79 Å². The van der Waals surface area contributed by atoms with E-state index in [1.165, 1.54) is 12.8 Å². The lowest BCUT2D eigenvalue weighted by atomic mass is 10.1. The SMILES string of the molecule is O=C(C1CCCC1)N1CCN(c2nc(-c3ccco3)nc3ccccc23)CC1. The Morgan fingerprint density at radius 3 is 2.50 bits per heavy atom. The van der Waals surface area contributed by atoms with Crippen LogP contribution >= 0.6 is 0 Å². The Morgan fingerprint density at radius 1 is 0.964 bits per heavy atom. The number of hydrogen-bond donors (Lipinski definition) is 0. The number of carbonyl (C=O) groups is 1. The van der Waals surface area contributed by atoms with Gasteiger partial charge in [-0.2, -0.15) is 0 Å². The van der Waals surface area contributed by atoms with Crippen LogP contribution in [0.4, 0.5) is 5.82 Å². The van der Waals surface area contributed by atoms with E-state index < -0.39 is 0 Å². The molecule has 1 saturated carbocycles. The summed E-state index contributed by atoms with van der Waals surface area (Å²) in [6.45, 7) is 3.08. The number of hydrogen-bond acceptors (Lipinski definition) is 5. The largest absolute Gasteiger partial charge is 0.461 e. The Kier molecular flexibility index (Phi) is 4.47. The molecule has 0 spiro atoms. The molecular formula is C22H24N4O2. The van der Waals surface area contributed by atoms with E-state index in [0.717, 1.165) is 55.7 Å². The number of rotatable bonds is 3. The van der Waals surface area contributed by atoms with E-state index in [-0.39, 0.29) is 5.92 Å². The van der Waals surface area contributed by atoms with Gasteiger partial charge in [0.05, 0.1) is 11.8 Å². The molecular weight excluding hydrogens is 352 g/mol. The van der Waals surface area contributed by atoms with Crippen molar-refractivity contribution >= 4 is 22.6 Å². The molecule has 0 atom stereocenters. The Balaban J connectivity index is 1.41. The maximum atomic E-state index is 12.7. The third-order valence-corrected chi connectivity index (χ3v) is 5.92. The highest BCUT2D eigenvalue weighted by molar-refractivity contribution is 5.91. The van der Waals surface area contributed by atoms with Crippen molar-refractivity contribution in [2.24, 2.45) is 5.92 Å². The molecule has 0 N–H and O–H groups in total. The number of benzene rings is 1. The molecule has 0 unspecified atom stereocenters. The minimum absolute atomic E-state index is 0.247. The van der Waals surface area contributed by atoms with E-state index in [9.17, 15) is 4.79 Å². The molecule has 1 aliphatic carbocycles. The van der Waals surface area contributed by atoms with E-state index in [1.807, 2.05) is 35.2 Å². The van der Waals surface area contributed by atoms with Crippen LogP contribution in [0.3, 0.4) is 0 Å². The van der Waals surface area contributed by atoms with Gasteiger partial charge in [-0.25, -0.2) is 9.97 Å². The molecule has 6 heteroatoms. The van der Waals surface area contributed by atoms with Crippen LogP contribution in [0, 0.1) is 5.92 Å². The normalized spacial score (nSPS) is 18.1. The summed E-state index contributed by atoms with van der Waals surface area (Å²) in [6.07, 6.45) is 6.14. The average Bonchev–Trinajstić information content (AvgIpc) is 3.47. The summed E-state index contributed by atoms with van der Waals surface area (Å²) < 4.78 is 5.52. The lowest BCUT2D eigenvalue weighted by Crippen LogP contribution is -2.50. The number of para-hydroxylation sites is 1. The first-order valence-electron chi connectivity index (χ1n) is 10.1. The van der Waals surface area contributed by atoms with Gasteiger partial charge in [-0.1, -0.05) is 25.0 Å². The summed E-state index contributed by atoms with van der Waals surface area (Å²) in [7, 11) is 0. The van der Waals surface area contributed by atoms with Gasteiger partial charge in [0, 0.05) is 37.5 Å². The zero-order chi connectivity index (χ0) is 18.9. The summed E-state index contributed by atoms with van der Waals surface area (Å²) in [5.41, 5.74) is 0.906. The highest BCUT2D eigenvalue weighted by Gasteiger charge is 2.30. The summed E-state index contributed by atoms with van der Waals surface area (Å²) in [5, 5.41) is 1.04. The minimum atomic E-state index is 0.247. The van der Waals surface area contributed by atoms with Crippen molar-refractivity contribution in [3.05, 3.63) is 42.7 Å². The minimum Gasteiger partial charge on any atom is -0.461 e. The lowest BCUT2D eigenvalue weighted by Gasteiger charge is -2.37. The molecule has 1 aliphatic heterocycles. The van der Waals surface area contributed by atoms with Gasteiger partial charge in [-0.15, -0.1) is 0 Å². The van der Waals surface area contributed by atoms with Crippen molar-refractivity contribution in [1.82, 2.24) is 14.9 Å². The van der Waals surface area contributed by atoms with Gasteiger partial charge in [0.15, 0.2) is 11.6 Å². The molecule has 2 aromatic heterocycles. The molecule has 2 fully saturated rings. The third kappa shape index (κ3) is 3.13. The van der Waals surface area contributed by atoms with Crippen molar-refractivity contribution in [2.45, 2.75) is 25.7 Å². The molecule has 5 rings (SSSR count). The number of fused-ring (bicyclic) bond motifs is 1. The number of amides is 1. The highest BCUT2D eigenvalue weighted by Crippen LogP contribution is 2.30. The first kappa shape index (κ1) is 17.2. The Labute approximate surface area is 164 Å². The maximum Gasteiger partial charge on any atom is 0.225 e. The molecule has 6 nitrogen and oxygen atoms in total. The second-order valence-electron chi connectivity index (χ2n) is 7.66. The smallest absolute Gasteiger partial charge is 0.225 e. The zero-order valence-corrected chi connectivity index (χ0v) is 15.9. The summed E-state index contributed by atoms with van der Waals surface area (Å²) in [4.78, 5) is 26.6. The average molecular weight is 376 g/mol. The predicted octanol–water partition coefficient (Wildman–Crippen LogP) is 3.73. The number of furan rings is 1. The van der Waals surface area contributed by atoms with Crippen molar-refractivity contribution in [2.75, 3.05) is 31.1 Å². The summed E-state index contributed by atoms with van der Waals surface area (Å²) in [6, 6.07) is 11.8. The predicted molar refractivity (Wildman–Crippen MR) is 108 cm³/mol. The van der Waals surface area contributed by atoms with Crippen molar-refractivity contribution in [1.29, 1.82) is 0 Å². The van der Waals surface area contributed by atoms with Crippen LogP contribution in [0.2, 0.25) is 0 Å². The van der Waals surface area contributed by atoms with Gasteiger partial charge in [-0.3, -0.25) is 4.79 Å². The van der Waals surface area contributed by atoms with Crippen molar-refractivity contribution in [3.63, 3.8) is 0 Å². The maximum absolute atomic E-state index is 12.7. The van der Waals surface area contributed by atoms with E-state index in [4.69, 9.17) is 9.40 Å². The molecule has 28 heavy (non-hydrogen) atoms. The third-order valence-electron chi connectivity index (χ3n) is 5.92. The van der Waals surface area contributed by atoms with Gasteiger partial charge in [-0.05, 0) is 37.1 Å². The van der Waals surface area contributed by atoms with E-state index in [0.29, 0.717) is 17.5 Å². The molecule has 144 valence electrons. The van der Waals surface area contributed by atoms with E-state index in [1.54, 1.807) is 6.26 Å². The van der Waals surface area contributed by atoms with Gasteiger partial charge in [0.2, 0.25) is 5.91 Å². The molecule has 3 aromatic rings. The molecule has 2 aliphatic rings. The van der Waals surface area contributed by atoms with Crippen LogP contribution < -0.4 is 4.90 Å². The van der Waals surface area contributed by atoms with E-state index >= 15 is 0 Å². The summed E-state index contributed by atoms with van der Waals surface area (Å²) in [5.74, 6) is 2.79. The van der Waals surface area contributed by atoms with Gasteiger partial charge < -0.3 is 14.2 Å². The summed E-state index contributed by atoms with van der Waals surface area (Å²) >= 11 is 0. The zero-order valence-electron chi connectivity index (χ0n) is 15.9. The van der Waals surface area contributed by atoms with Crippen LogP contribution in [-0.4, -0.2) is 47.0 Å². The number of aromatic nitrogens is 2. The Morgan fingerprint density at radius 2 is 1.75 bits per heavy atom. The molecule has 1 amide bonds. The van der Waals surface area contributed by atoms with Crippen molar-refractivity contribution < 1.29 is 9.21 Å². The first-order chi connectivity index (χ1) is 13.8. The quantitative estimate of drug-likeness (QED) is 0.697. The van der Waals surface area contributed by atoms with Crippen LogP contribution in [0.25, 0.3) is 22.5 Å². The molecule has 0 radical (unpaired) electrons. The fourth-order valence-corrected chi connectivity index (χ4v) is 4.39. The lowest BCUT2D eigenvalue weighted by molar-refractivity contribution is -0.135. The molecule has 0 bridgehead atoms. The number of carbonyl (C=O) groups excluding carboxylic acids is 1. The van der Waals surface area contributed by atoms with Crippen LogP contribution in [0.15, 0.2) is 47.1 Å². The number of anilines is 1. The van der Waals surface area contributed by atoms with Crippen LogP contribution in [0.1, 0.15) is 25.7 Å².